The van der Waals surface area contributed by atoms with Crippen molar-refractivity contribution in [3.8, 4) is 0 Å². The van der Waals surface area contributed by atoms with E-state index in [2.05, 4.69) is 4.74 Å². The number of carbonyl (C=O) groups is 1. The highest BCUT2D eigenvalue weighted by Gasteiger charge is 2.31. The predicted molar refractivity (Wildman–Crippen MR) is 35.9 cm³/mol. The van der Waals surface area contributed by atoms with Crippen LogP contribution < -0.4 is 0 Å². The van der Waals surface area contributed by atoms with Crippen molar-refractivity contribution in [3.05, 3.63) is 0 Å². The van der Waals surface area contributed by atoms with E-state index in [1.165, 1.54) is 0 Å². The van der Waals surface area contributed by atoms with Crippen LogP contribution in [0.4, 0.5) is 8.78 Å². The molecule has 70 valence electrons. The van der Waals surface area contributed by atoms with Gasteiger partial charge in [-0.15, -0.1) is 0 Å². The average molecular weight is 180 g/mol. The molecule has 0 spiro atoms. The first kappa shape index (κ1) is 9.38. The van der Waals surface area contributed by atoms with Gasteiger partial charge in [0.1, 0.15) is 0 Å². The summed E-state index contributed by atoms with van der Waals surface area (Å²) in [7, 11) is 0. The largest absolute Gasteiger partial charge is 0.481 e. The van der Waals surface area contributed by atoms with Crippen LogP contribution in [0.2, 0.25) is 0 Å². The molecule has 1 aliphatic carbocycles. The lowest BCUT2D eigenvalue weighted by atomic mass is 10.1. The van der Waals surface area contributed by atoms with E-state index in [1.54, 1.807) is 0 Å². The van der Waals surface area contributed by atoms with Crippen LogP contribution in [0.5, 0.6) is 0 Å². The van der Waals surface area contributed by atoms with E-state index in [-0.39, 0.29) is 6.42 Å². The fraction of sp³-hybridized carbons (Fsp3) is 0.857. The molecule has 0 bridgehead atoms. The van der Waals surface area contributed by atoms with Crippen molar-refractivity contribution in [2.24, 2.45) is 5.92 Å². The predicted octanol–water partition coefficient (Wildman–Crippen LogP) is 1.48. The van der Waals surface area contributed by atoms with E-state index < -0.39 is 24.6 Å². The first-order chi connectivity index (χ1) is 5.59. The zero-order valence-electron chi connectivity index (χ0n) is 6.37. The second-order valence-electron chi connectivity index (χ2n) is 2.87. The number of halogens is 2. The van der Waals surface area contributed by atoms with Gasteiger partial charge in [0.25, 0.3) is 0 Å². The van der Waals surface area contributed by atoms with Gasteiger partial charge in [0.05, 0.1) is 12.0 Å². The third-order valence-electron chi connectivity index (χ3n) is 2.03. The van der Waals surface area contributed by atoms with E-state index in [0.29, 0.717) is 12.8 Å². The van der Waals surface area contributed by atoms with Gasteiger partial charge in [-0.25, -0.2) is 0 Å². The maximum Gasteiger partial charge on any atom is 0.345 e. The molecule has 0 heterocycles. The van der Waals surface area contributed by atoms with Crippen LogP contribution >= 0.6 is 0 Å². The molecule has 1 aliphatic rings. The Kier molecular flexibility index (Phi) is 2.97. The monoisotopic (exact) mass is 180 g/mol. The van der Waals surface area contributed by atoms with Gasteiger partial charge in [-0.3, -0.25) is 4.79 Å². The normalized spacial score (nSPS) is 29.6. The molecular weight excluding hydrogens is 170 g/mol. The van der Waals surface area contributed by atoms with E-state index in [4.69, 9.17) is 5.11 Å². The van der Waals surface area contributed by atoms with E-state index in [9.17, 15) is 13.6 Å². The Labute approximate surface area is 68.3 Å². The van der Waals surface area contributed by atoms with Gasteiger partial charge in [0.2, 0.25) is 0 Å². The van der Waals surface area contributed by atoms with Gasteiger partial charge in [-0.2, -0.15) is 8.78 Å². The third kappa shape index (κ3) is 2.41. The summed E-state index contributed by atoms with van der Waals surface area (Å²) < 4.78 is 27.5. The van der Waals surface area contributed by atoms with Gasteiger partial charge < -0.3 is 9.84 Å². The summed E-state index contributed by atoms with van der Waals surface area (Å²) in [5.41, 5.74) is 0. The van der Waals surface area contributed by atoms with Crippen LogP contribution in [-0.4, -0.2) is 23.8 Å². The van der Waals surface area contributed by atoms with Crippen molar-refractivity contribution in [2.75, 3.05) is 0 Å². The highest BCUT2D eigenvalue weighted by molar-refractivity contribution is 5.70. The number of carboxylic acids is 1. The second kappa shape index (κ2) is 3.80. The van der Waals surface area contributed by atoms with Gasteiger partial charge in [0, 0.05) is 0 Å². The van der Waals surface area contributed by atoms with E-state index >= 15 is 0 Å². The quantitative estimate of drug-likeness (QED) is 0.715. The van der Waals surface area contributed by atoms with Crippen molar-refractivity contribution >= 4 is 5.97 Å². The Bertz CT molecular complexity index is 172. The van der Waals surface area contributed by atoms with Gasteiger partial charge in [0.15, 0.2) is 0 Å². The highest BCUT2D eigenvalue weighted by Crippen LogP contribution is 2.28. The Morgan fingerprint density at radius 2 is 2.17 bits per heavy atom. The molecule has 0 aliphatic heterocycles. The molecule has 12 heavy (non-hydrogen) atoms. The lowest BCUT2D eigenvalue weighted by Gasteiger charge is -2.09. The van der Waals surface area contributed by atoms with Crippen LogP contribution in [0.3, 0.4) is 0 Å². The molecule has 2 unspecified atom stereocenters. The van der Waals surface area contributed by atoms with Crippen LogP contribution in [-0.2, 0) is 9.53 Å². The van der Waals surface area contributed by atoms with Crippen molar-refractivity contribution in [2.45, 2.75) is 32.0 Å². The summed E-state index contributed by atoms with van der Waals surface area (Å²) in [5.74, 6) is -1.43. The number of rotatable bonds is 3. The molecule has 2 atom stereocenters. The number of hydrogen-bond donors (Lipinski definition) is 1. The molecular formula is C7H10F2O3. The van der Waals surface area contributed by atoms with E-state index in [1.807, 2.05) is 0 Å². The standard InChI is InChI=1S/C7H10F2O3/c8-7(9)12-5-2-1-4(3-5)6(10)11/h4-5,7H,1-3H2,(H,10,11). The van der Waals surface area contributed by atoms with Gasteiger partial charge in [-0.05, 0) is 19.3 Å². The smallest absolute Gasteiger partial charge is 0.345 e. The second-order valence-corrected chi connectivity index (χ2v) is 2.87. The maximum absolute atomic E-state index is 11.6. The zero-order valence-corrected chi connectivity index (χ0v) is 6.37. The van der Waals surface area contributed by atoms with Crippen LogP contribution in [0.1, 0.15) is 19.3 Å². The van der Waals surface area contributed by atoms with Crippen LogP contribution in [0, 0.1) is 5.92 Å². The molecule has 1 saturated carbocycles. The maximum atomic E-state index is 11.6. The number of ether oxygens (including phenoxy) is 1. The Morgan fingerprint density at radius 3 is 2.58 bits per heavy atom. The summed E-state index contributed by atoms with van der Waals surface area (Å²) in [5, 5.41) is 8.52. The minimum atomic E-state index is -2.79. The van der Waals surface area contributed by atoms with Gasteiger partial charge in [-0.1, -0.05) is 0 Å². The summed E-state index contributed by atoms with van der Waals surface area (Å²) in [6, 6.07) is 0. The Morgan fingerprint density at radius 1 is 1.50 bits per heavy atom. The molecule has 0 aromatic rings. The lowest BCUT2D eigenvalue weighted by Crippen LogP contribution is -2.15. The molecule has 0 radical (unpaired) electrons. The van der Waals surface area contributed by atoms with Crippen molar-refractivity contribution in [1.29, 1.82) is 0 Å². The zero-order chi connectivity index (χ0) is 9.14. The van der Waals surface area contributed by atoms with Crippen molar-refractivity contribution < 1.29 is 23.4 Å². The number of aliphatic carboxylic acids is 1. The fourth-order valence-electron chi connectivity index (χ4n) is 1.43. The minimum absolute atomic E-state index is 0.208. The summed E-state index contributed by atoms with van der Waals surface area (Å²) in [4.78, 5) is 10.4. The summed E-state index contributed by atoms with van der Waals surface area (Å²) >= 11 is 0. The third-order valence-corrected chi connectivity index (χ3v) is 2.03. The Balaban J connectivity index is 2.30. The molecule has 1 fully saturated rings. The number of hydrogen-bond acceptors (Lipinski definition) is 2. The molecule has 0 aromatic heterocycles. The first-order valence-corrected chi connectivity index (χ1v) is 3.76. The SMILES string of the molecule is O=C(O)C1CCC(OC(F)F)C1. The first-order valence-electron chi connectivity index (χ1n) is 3.76. The minimum Gasteiger partial charge on any atom is -0.481 e. The molecule has 1 rings (SSSR count). The number of carboxylic acid groups (broad SMARTS) is 1. The molecule has 1 N–H and O–H groups in total. The lowest BCUT2D eigenvalue weighted by molar-refractivity contribution is -0.163. The molecule has 5 heteroatoms. The molecule has 0 aromatic carbocycles. The molecule has 0 amide bonds. The number of alkyl halides is 2. The average Bonchev–Trinajstić information content (AvgIpc) is 2.34. The van der Waals surface area contributed by atoms with E-state index in [0.717, 1.165) is 0 Å². The summed E-state index contributed by atoms with van der Waals surface area (Å²) in [6.45, 7) is -2.79. The van der Waals surface area contributed by atoms with Crippen molar-refractivity contribution in [1.82, 2.24) is 0 Å². The summed E-state index contributed by atoms with van der Waals surface area (Å²) in [6.07, 6.45) is 0.486. The topological polar surface area (TPSA) is 46.5 Å². The van der Waals surface area contributed by atoms with Crippen molar-refractivity contribution in [3.63, 3.8) is 0 Å². The molecule has 0 saturated heterocycles. The molecule has 3 nitrogen and oxygen atoms in total. The Hall–Kier alpha value is -0.710. The van der Waals surface area contributed by atoms with Crippen LogP contribution in [0.15, 0.2) is 0 Å². The highest BCUT2D eigenvalue weighted by atomic mass is 19.3. The van der Waals surface area contributed by atoms with Crippen LogP contribution in [0.25, 0.3) is 0 Å². The van der Waals surface area contributed by atoms with Gasteiger partial charge >= 0.3 is 12.6 Å². The fourth-order valence-corrected chi connectivity index (χ4v) is 1.43.